The Morgan fingerprint density at radius 2 is 2.29 bits per heavy atom. The van der Waals surface area contributed by atoms with E-state index in [0.717, 1.165) is 24.8 Å². The van der Waals surface area contributed by atoms with Gasteiger partial charge < -0.3 is 10.6 Å². The van der Waals surface area contributed by atoms with E-state index in [0.29, 0.717) is 13.0 Å². The average Bonchev–Trinajstić information content (AvgIpc) is 2.60. The maximum absolute atomic E-state index is 13.5. The van der Waals surface area contributed by atoms with E-state index in [1.807, 2.05) is 13.0 Å². The molecule has 112 valence electrons. The van der Waals surface area contributed by atoms with Crippen LogP contribution in [0.2, 0.25) is 0 Å². The topological polar surface area (TPSA) is 70.1 Å². The van der Waals surface area contributed by atoms with Gasteiger partial charge in [-0.05, 0) is 37.0 Å². The molecule has 0 radical (unpaired) electrons. The maximum atomic E-state index is 13.5. The molecule has 1 saturated heterocycles. The fourth-order valence-electron chi connectivity index (χ4n) is 2.92. The van der Waals surface area contributed by atoms with Gasteiger partial charge in [0.05, 0.1) is 11.6 Å². The Bertz CT molecular complexity index is 567. The summed E-state index contributed by atoms with van der Waals surface area (Å²) in [5.41, 5.74) is 6.99. The molecule has 2 N–H and O–H groups in total. The Hall–Kier alpha value is -1.93. The molecule has 2 atom stereocenters. The van der Waals surface area contributed by atoms with Crippen molar-refractivity contribution in [3.63, 3.8) is 0 Å². The van der Waals surface area contributed by atoms with E-state index in [9.17, 15) is 9.18 Å². The Balaban J connectivity index is 2.44. The molecule has 0 spiro atoms. The van der Waals surface area contributed by atoms with Gasteiger partial charge in [-0.25, -0.2) is 4.39 Å². The van der Waals surface area contributed by atoms with Crippen molar-refractivity contribution < 1.29 is 9.18 Å². The molecule has 0 bridgehead atoms. The predicted molar refractivity (Wildman–Crippen MR) is 77.7 cm³/mol. The lowest BCUT2D eigenvalue weighted by Gasteiger charge is -2.34. The smallest absolute Gasteiger partial charge is 0.223 e. The van der Waals surface area contributed by atoms with E-state index < -0.39 is 5.82 Å². The van der Waals surface area contributed by atoms with E-state index in [4.69, 9.17) is 11.0 Å². The van der Waals surface area contributed by atoms with Crippen LogP contribution in [0.15, 0.2) is 18.2 Å². The quantitative estimate of drug-likeness (QED) is 0.929. The first-order chi connectivity index (χ1) is 10.1. The molecular formula is C16H20FN3O. The van der Waals surface area contributed by atoms with Crippen LogP contribution < -0.4 is 5.73 Å². The number of amides is 1. The summed E-state index contributed by atoms with van der Waals surface area (Å²) in [6.07, 6.45) is 2.84. The summed E-state index contributed by atoms with van der Waals surface area (Å²) in [4.78, 5) is 14.1. The molecule has 4 nitrogen and oxygen atoms in total. The van der Waals surface area contributed by atoms with Crippen LogP contribution in [0.4, 0.5) is 4.39 Å². The third kappa shape index (κ3) is 3.22. The van der Waals surface area contributed by atoms with Crippen molar-refractivity contribution in [3.8, 4) is 6.07 Å². The zero-order valence-corrected chi connectivity index (χ0v) is 12.2. The van der Waals surface area contributed by atoms with Crippen LogP contribution in [0.25, 0.3) is 0 Å². The summed E-state index contributed by atoms with van der Waals surface area (Å²) in [5, 5.41) is 8.98. The monoisotopic (exact) mass is 289 g/mol. The number of carbonyl (C=O) groups is 1. The third-order valence-corrected chi connectivity index (χ3v) is 3.91. The summed E-state index contributed by atoms with van der Waals surface area (Å²) in [6.45, 7) is 2.63. The molecule has 21 heavy (non-hydrogen) atoms. The number of likely N-dealkylation sites (tertiary alicyclic amines) is 1. The highest BCUT2D eigenvalue weighted by atomic mass is 19.1. The van der Waals surface area contributed by atoms with Crippen LogP contribution in [-0.4, -0.2) is 23.4 Å². The molecule has 0 aromatic heterocycles. The second-order valence-electron chi connectivity index (χ2n) is 5.44. The zero-order valence-electron chi connectivity index (χ0n) is 12.2. The van der Waals surface area contributed by atoms with Crippen molar-refractivity contribution in [1.82, 2.24) is 4.90 Å². The largest absolute Gasteiger partial charge is 0.334 e. The standard InChI is InChI=1S/C16H20FN3O/c1-2-8-20-15(21)5-3-4-14(19)16(20)11-6-7-13(17)12(9-11)10-18/h6-7,9,14,16H,2-5,8,19H2,1H3. The van der Waals surface area contributed by atoms with Crippen molar-refractivity contribution in [2.75, 3.05) is 6.54 Å². The third-order valence-electron chi connectivity index (χ3n) is 3.91. The van der Waals surface area contributed by atoms with Crippen molar-refractivity contribution in [2.24, 2.45) is 5.73 Å². The number of nitrogens with two attached hydrogens (primary N) is 1. The number of nitrogens with zero attached hydrogens (tertiary/aromatic N) is 2. The highest BCUT2D eigenvalue weighted by molar-refractivity contribution is 5.77. The van der Waals surface area contributed by atoms with Crippen LogP contribution in [0.3, 0.4) is 0 Å². The lowest BCUT2D eigenvalue weighted by Crippen LogP contribution is -2.42. The van der Waals surface area contributed by atoms with Crippen molar-refractivity contribution in [3.05, 3.63) is 35.1 Å². The number of carbonyl (C=O) groups excluding carboxylic acids is 1. The molecule has 1 aliphatic rings. The normalized spacial score (nSPS) is 22.8. The Morgan fingerprint density at radius 3 is 2.95 bits per heavy atom. The molecule has 0 aliphatic carbocycles. The SMILES string of the molecule is CCCN1C(=O)CCCC(N)C1c1ccc(F)c(C#N)c1. The first-order valence-corrected chi connectivity index (χ1v) is 7.33. The number of hydrogen-bond acceptors (Lipinski definition) is 3. The lowest BCUT2D eigenvalue weighted by molar-refractivity contribution is -0.133. The van der Waals surface area contributed by atoms with Gasteiger partial charge in [-0.2, -0.15) is 5.26 Å². The van der Waals surface area contributed by atoms with Gasteiger partial charge in [0, 0.05) is 19.0 Å². The minimum atomic E-state index is -0.545. The second kappa shape index (κ2) is 6.68. The van der Waals surface area contributed by atoms with Gasteiger partial charge in [0.1, 0.15) is 11.9 Å². The minimum absolute atomic E-state index is 0.00663. The van der Waals surface area contributed by atoms with Gasteiger partial charge in [0.15, 0.2) is 0 Å². The van der Waals surface area contributed by atoms with Gasteiger partial charge in [0.25, 0.3) is 0 Å². The molecule has 1 aromatic rings. The Labute approximate surface area is 124 Å². The maximum Gasteiger partial charge on any atom is 0.223 e. The Morgan fingerprint density at radius 1 is 1.52 bits per heavy atom. The molecule has 1 amide bonds. The highest BCUT2D eigenvalue weighted by Gasteiger charge is 2.32. The summed E-state index contributed by atoms with van der Waals surface area (Å²) in [6, 6.07) is 5.78. The van der Waals surface area contributed by atoms with Crippen LogP contribution in [0, 0.1) is 17.1 Å². The Kier molecular flexibility index (Phi) is 4.92. The molecule has 1 aliphatic heterocycles. The number of benzene rings is 1. The summed E-state index contributed by atoms with van der Waals surface area (Å²) < 4.78 is 13.5. The van der Waals surface area contributed by atoms with E-state index in [-0.39, 0.29) is 23.6 Å². The minimum Gasteiger partial charge on any atom is -0.334 e. The van der Waals surface area contributed by atoms with Crippen molar-refractivity contribution in [1.29, 1.82) is 5.26 Å². The number of nitriles is 1. The molecular weight excluding hydrogens is 269 g/mol. The summed E-state index contributed by atoms with van der Waals surface area (Å²) >= 11 is 0. The van der Waals surface area contributed by atoms with Crippen LogP contribution in [0.1, 0.15) is 49.8 Å². The van der Waals surface area contributed by atoms with E-state index in [2.05, 4.69) is 0 Å². The van der Waals surface area contributed by atoms with Gasteiger partial charge in [-0.1, -0.05) is 13.0 Å². The van der Waals surface area contributed by atoms with E-state index >= 15 is 0 Å². The summed E-state index contributed by atoms with van der Waals surface area (Å²) in [5.74, 6) is -0.463. The highest BCUT2D eigenvalue weighted by Crippen LogP contribution is 2.31. The second-order valence-corrected chi connectivity index (χ2v) is 5.44. The summed E-state index contributed by atoms with van der Waals surface area (Å²) in [7, 11) is 0. The van der Waals surface area contributed by atoms with Gasteiger partial charge in [0.2, 0.25) is 5.91 Å². The number of halogens is 1. The molecule has 1 fully saturated rings. The van der Waals surface area contributed by atoms with Crippen LogP contribution >= 0.6 is 0 Å². The molecule has 1 heterocycles. The molecule has 1 aromatic carbocycles. The fraction of sp³-hybridized carbons (Fsp3) is 0.500. The first-order valence-electron chi connectivity index (χ1n) is 7.33. The number of hydrogen-bond donors (Lipinski definition) is 1. The van der Waals surface area contributed by atoms with Crippen molar-refractivity contribution >= 4 is 5.91 Å². The lowest BCUT2D eigenvalue weighted by atomic mass is 9.95. The predicted octanol–water partition coefficient (Wildman–Crippen LogP) is 2.49. The van der Waals surface area contributed by atoms with Crippen molar-refractivity contribution in [2.45, 2.75) is 44.7 Å². The molecule has 2 unspecified atom stereocenters. The molecule has 2 rings (SSSR count). The van der Waals surface area contributed by atoms with Crippen LogP contribution in [-0.2, 0) is 4.79 Å². The van der Waals surface area contributed by atoms with E-state index in [1.165, 1.54) is 12.1 Å². The zero-order chi connectivity index (χ0) is 15.4. The van der Waals surface area contributed by atoms with E-state index in [1.54, 1.807) is 11.0 Å². The molecule has 5 heteroatoms. The fourth-order valence-corrected chi connectivity index (χ4v) is 2.92. The number of rotatable bonds is 3. The van der Waals surface area contributed by atoms with Crippen LogP contribution in [0.5, 0.6) is 0 Å². The van der Waals surface area contributed by atoms with Gasteiger partial charge in [-0.15, -0.1) is 0 Å². The first kappa shape index (κ1) is 15.5. The van der Waals surface area contributed by atoms with Gasteiger partial charge in [-0.3, -0.25) is 4.79 Å². The average molecular weight is 289 g/mol. The molecule has 0 saturated carbocycles. The van der Waals surface area contributed by atoms with Gasteiger partial charge >= 0.3 is 0 Å².